The number of alkyl halides is 9. The van der Waals surface area contributed by atoms with Gasteiger partial charge in [-0.15, -0.1) is 0 Å². The van der Waals surface area contributed by atoms with E-state index in [0.29, 0.717) is 0 Å². The summed E-state index contributed by atoms with van der Waals surface area (Å²) < 4.78 is 116. The van der Waals surface area contributed by atoms with Crippen LogP contribution in [-0.4, -0.2) is 34.2 Å². The van der Waals surface area contributed by atoms with Gasteiger partial charge >= 0.3 is 18.5 Å². The molecule has 0 radical (unpaired) electrons. The summed E-state index contributed by atoms with van der Waals surface area (Å²) in [5, 5.41) is 3.98. The Bertz CT molecular complexity index is 1040. The summed E-state index contributed by atoms with van der Waals surface area (Å²) in [4.78, 5) is 24.4. The van der Waals surface area contributed by atoms with Crippen molar-refractivity contribution in [2.45, 2.75) is 24.9 Å². The molecule has 0 aliphatic rings. The van der Waals surface area contributed by atoms with Gasteiger partial charge in [-0.05, 0) is 17.7 Å². The number of amides is 1. The van der Waals surface area contributed by atoms with Crippen LogP contribution in [0.1, 0.15) is 37.7 Å². The molecule has 0 fully saturated rings. The first kappa shape index (κ1) is 25.5. The molecular formula is C17H11ClF9N3O2. The Labute approximate surface area is 178 Å². The maximum Gasteiger partial charge on any atom is 0.435 e. The molecule has 176 valence electrons. The number of hydrogen-bond donors (Lipinski definition) is 1. The smallest absolute Gasteiger partial charge is 0.343 e. The Kier molecular flexibility index (Phi) is 6.88. The first-order chi connectivity index (χ1) is 14.4. The van der Waals surface area contributed by atoms with Gasteiger partial charge in [0.25, 0.3) is 5.91 Å². The monoisotopic (exact) mass is 495 g/mol. The maximum absolute atomic E-state index is 13.3. The summed E-state index contributed by atoms with van der Waals surface area (Å²) in [6.07, 6.45) is -16.7. The number of aryl methyl sites for hydroxylation is 1. The van der Waals surface area contributed by atoms with Crippen LogP contribution in [0, 0.1) is 0 Å². The molecule has 1 aromatic carbocycles. The minimum Gasteiger partial charge on any atom is -0.343 e. The van der Waals surface area contributed by atoms with Crippen LogP contribution >= 0.6 is 11.6 Å². The number of rotatable bonds is 5. The lowest BCUT2D eigenvalue weighted by Crippen LogP contribution is -2.33. The number of carbonyl (C=O) groups is 2. The number of ketones is 1. The molecule has 1 aromatic heterocycles. The normalized spacial score (nSPS) is 12.7. The number of nitrogens with one attached hydrogen (secondary N) is 1. The van der Waals surface area contributed by atoms with Gasteiger partial charge in [-0.1, -0.05) is 17.7 Å². The highest BCUT2D eigenvalue weighted by atomic mass is 35.5. The average Bonchev–Trinajstić information content (AvgIpc) is 2.99. The Morgan fingerprint density at radius 3 is 2.12 bits per heavy atom. The van der Waals surface area contributed by atoms with Crippen molar-refractivity contribution >= 4 is 23.3 Å². The lowest BCUT2D eigenvalue weighted by atomic mass is 10.0. The molecule has 1 N–H and O–H groups in total. The standard InChI is InChI=1S/C17H11ClF9N3O2/c1-30-12(11(16(22,23)24)13(29-30)17(25,26)27)10(31)5-7-2-3-9(18)8(4-7)14(32)28-6-15(19,20)21/h2-4H,5-6H2,1H3,(H,28,32). The predicted molar refractivity (Wildman–Crippen MR) is 91.1 cm³/mol. The highest BCUT2D eigenvalue weighted by Gasteiger charge is 2.49. The Morgan fingerprint density at radius 1 is 1.03 bits per heavy atom. The van der Waals surface area contributed by atoms with Gasteiger partial charge in [-0.3, -0.25) is 14.3 Å². The van der Waals surface area contributed by atoms with Crippen molar-refractivity contribution in [1.29, 1.82) is 0 Å². The van der Waals surface area contributed by atoms with Crippen LogP contribution in [0.4, 0.5) is 39.5 Å². The van der Waals surface area contributed by atoms with Crippen LogP contribution in [0.5, 0.6) is 0 Å². The van der Waals surface area contributed by atoms with Gasteiger partial charge in [0.2, 0.25) is 0 Å². The second-order valence-corrected chi connectivity index (χ2v) is 6.81. The van der Waals surface area contributed by atoms with Crippen LogP contribution < -0.4 is 5.32 Å². The van der Waals surface area contributed by atoms with E-state index in [9.17, 15) is 49.1 Å². The molecule has 0 unspecified atom stereocenters. The van der Waals surface area contributed by atoms with E-state index in [-0.39, 0.29) is 15.3 Å². The Morgan fingerprint density at radius 2 is 1.62 bits per heavy atom. The molecule has 5 nitrogen and oxygen atoms in total. The summed E-state index contributed by atoms with van der Waals surface area (Å²) in [6, 6.07) is 2.93. The zero-order valence-corrected chi connectivity index (χ0v) is 16.4. The van der Waals surface area contributed by atoms with Crippen molar-refractivity contribution in [3.63, 3.8) is 0 Å². The SMILES string of the molecule is Cn1nc(C(F)(F)F)c(C(F)(F)F)c1C(=O)Cc1ccc(Cl)c(C(=O)NCC(F)(F)F)c1. The number of carbonyl (C=O) groups excluding carboxylic acids is 2. The van der Waals surface area contributed by atoms with Gasteiger partial charge in [-0.2, -0.15) is 44.6 Å². The minimum absolute atomic E-state index is 0.140. The molecule has 0 aliphatic heterocycles. The molecule has 15 heteroatoms. The minimum atomic E-state index is -5.56. The fraction of sp³-hybridized carbons (Fsp3) is 0.353. The molecular weight excluding hydrogens is 485 g/mol. The van der Waals surface area contributed by atoms with Gasteiger partial charge in [0, 0.05) is 13.5 Å². The quantitative estimate of drug-likeness (QED) is 0.477. The number of benzene rings is 1. The van der Waals surface area contributed by atoms with Gasteiger partial charge in [0.15, 0.2) is 11.5 Å². The fourth-order valence-corrected chi connectivity index (χ4v) is 2.92. The van der Waals surface area contributed by atoms with Gasteiger partial charge in [0.1, 0.15) is 17.8 Å². The van der Waals surface area contributed by atoms with E-state index in [1.54, 1.807) is 0 Å². The predicted octanol–water partition coefficient (Wildman–Crippen LogP) is 4.83. The maximum atomic E-state index is 13.3. The molecule has 1 amide bonds. The van der Waals surface area contributed by atoms with Gasteiger partial charge in [-0.25, -0.2) is 0 Å². The number of hydrogen-bond acceptors (Lipinski definition) is 3. The summed E-state index contributed by atoms with van der Waals surface area (Å²) >= 11 is 5.74. The summed E-state index contributed by atoms with van der Waals surface area (Å²) in [5.41, 5.74) is -6.63. The zero-order chi connectivity index (χ0) is 24.6. The molecule has 0 bridgehead atoms. The van der Waals surface area contributed by atoms with E-state index >= 15 is 0 Å². The molecule has 0 saturated carbocycles. The highest BCUT2D eigenvalue weighted by molar-refractivity contribution is 6.33. The second kappa shape index (κ2) is 8.64. The van der Waals surface area contributed by atoms with Crippen molar-refractivity contribution in [3.8, 4) is 0 Å². The van der Waals surface area contributed by atoms with Crippen molar-refractivity contribution in [3.05, 3.63) is 51.3 Å². The van der Waals surface area contributed by atoms with E-state index in [2.05, 4.69) is 5.10 Å². The average molecular weight is 496 g/mol. The lowest BCUT2D eigenvalue weighted by Gasteiger charge is -2.12. The molecule has 1 heterocycles. The third-order valence-electron chi connectivity index (χ3n) is 3.95. The van der Waals surface area contributed by atoms with Crippen LogP contribution in [0.15, 0.2) is 18.2 Å². The Hall–Kier alpha value is -2.77. The van der Waals surface area contributed by atoms with E-state index in [1.165, 1.54) is 5.32 Å². The highest BCUT2D eigenvalue weighted by Crippen LogP contribution is 2.41. The van der Waals surface area contributed by atoms with Crippen LogP contribution in [0.25, 0.3) is 0 Å². The largest absolute Gasteiger partial charge is 0.435 e. The first-order valence-corrected chi connectivity index (χ1v) is 8.67. The van der Waals surface area contributed by atoms with E-state index < -0.39 is 65.7 Å². The van der Waals surface area contributed by atoms with Crippen LogP contribution in [0.3, 0.4) is 0 Å². The van der Waals surface area contributed by atoms with E-state index in [1.807, 2.05) is 0 Å². The number of aromatic nitrogens is 2. The third-order valence-corrected chi connectivity index (χ3v) is 4.28. The topological polar surface area (TPSA) is 64.0 Å². The molecule has 0 atom stereocenters. The Balaban J connectivity index is 2.40. The molecule has 0 spiro atoms. The summed E-state index contributed by atoms with van der Waals surface area (Å²) in [7, 11) is 0.718. The van der Waals surface area contributed by atoms with Crippen molar-refractivity contribution in [2.24, 2.45) is 7.05 Å². The fourth-order valence-electron chi connectivity index (χ4n) is 2.71. The molecule has 2 rings (SSSR count). The molecule has 0 aliphatic carbocycles. The van der Waals surface area contributed by atoms with Crippen molar-refractivity contribution < 1.29 is 49.1 Å². The zero-order valence-electron chi connectivity index (χ0n) is 15.6. The van der Waals surface area contributed by atoms with Gasteiger partial charge < -0.3 is 5.32 Å². The number of nitrogens with zero attached hydrogens (tertiary/aromatic N) is 2. The molecule has 0 saturated heterocycles. The number of Topliss-reactive ketones (excluding diaryl/α,β-unsaturated/α-hetero) is 1. The van der Waals surface area contributed by atoms with Crippen molar-refractivity contribution in [2.75, 3.05) is 6.54 Å². The number of halogens is 10. The van der Waals surface area contributed by atoms with Crippen molar-refractivity contribution in [1.82, 2.24) is 15.1 Å². The van der Waals surface area contributed by atoms with E-state index in [4.69, 9.17) is 11.6 Å². The van der Waals surface area contributed by atoms with Gasteiger partial charge in [0.05, 0.1) is 10.6 Å². The lowest BCUT2D eigenvalue weighted by molar-refractivity contribution is -0.164. The first-order valence-electron chi connectivity index (χ1n) is 8.29. The molecule has 2 aromatic rings. The molecule has 32 heavy (non-hydrogen) atoms. The van der Waals surface area contributed by atoms with Crippen LogP contribution in [0.2, 0.25) is 5.02 Å². The van der Waals surface area contributed by atoms with E-state index in [0.717, 1.165) is 25.2 Å². The summed E-state index contributed by atoms with van der Waals surface area (Å²) in [5.74, 6) is -2.70. The summed E-state index contributed by atoms with van der Waals surface area (Å²) in [6.45, 7) is -1.70. The second-order valence-electron chi connectivity index (χ2n) is 6.40. The van der Waals surface area contributed by atoms with Crippen LogP contribution in [-0.2, 0) is 25.8 Å². The third kappa shape index (κ3) is 5.93.